The monoisotopic (exact) mass is 431 g/mol. The van der Waals surface area contributed by atoms with Crippen LogP contribution in [0, 0.1) is 0 Å². The maximum atomic E-state index is 13.1. The zero-order valence-electron chi connectivity index (χ0n) is 17.7. The van der Waals surface area contributed by atoms with Crippen LogP contribution < -0.4 is 4.74 Å². The summed E-state index contributed by atoms with van der Waals surface area (Å²) in [5.74, 6) is 0.412. The number of aryl methyl sites for hydroxylation is 1. The molecule has 0 aliphatic heterocycles. The van der Waals surface area contributed by atoms with Gasteiger partial charge in [-0.3, -0.25) is 9.59 Å². The first kappa shape index (κ1) is 22.2. The summed E-state index contributed by atoms with van der Waals surface area (Å²) < 4.78 is 7.64. The van der Waals surface area contributed by atoms with E-state index in [4.69, 9.17) is 16.3 Å². The minimum absolute atomic E-state index is 0.0172. The van der Waals surface area contributed by atoms with Crippen molar-refractivity contribution >= 4 is 23.4 Å². The van der Waals surface area contributed by atoms with Crippen LogP contribution in [0.3, 0.4) is 0 Å². The molecule has 0 atom stereocenters. The van der Waals surface area contributed by atoms with Crippen LogP contribution in [0.4, 0.5) is 0 Å². The quantitative estimate of drug-likeness (QED) is 0.542. The fraction of sp³-hybridized carbons (Fsp3) is 0.478. The summed E-state index contributed by atoms with van der Waals surface area (Å²) in [5, 5.41) is 0.615. The van der Waals surface area contributed by atoms with Crippen molar-refractivity contribution in [3.05, 3.63) is 53.3 Å². The highest BCUT2D eigenvalue weighted by atomic mass is 35.5. The Balaban J connectivity index is 1.61. The largest absolute Gasteiger partial charge is 0.484 e. The van der Waals surface area contributed by atoms with E-state index in [-0.39, 0.29) is 31.0 Å². The molecule has 3 rings (SSSR count). The minimum Gasteiger partial charge on any atom is -0.484 e. The zero-order valence-corrected chi connectivity index (χ0v) is 18.5. The summed E-state index contributed by atoms with van der Waals surface area (Å²) in [5.41, 5.74) is 1.08. The normalized spacial score (nSPS) is 13.2. The van der Waals surface area contributed by atoms with Crippen LogP contribution in [-0.4, -0.2) is 51.9 Å². The van der Waals surface area contributed by atoms with Gasteiger partial charge in [-0.25, -0.2) is 0 Å². The molecule has 1 fully saturated rings. The van der Waals surface area contributed by atoms with Crippen molar-refractivity contribution in [2.45, 2.75) is 45.2 Å². The van der Waals surface area contributed by atoms with Crippen molar-refractivity contribution in [2.24, 2.45) is 7.05 Å². The van der Waals surface area contributed by atoms with Crippen molar-refractivity contribution < 1.29 is 14.3 Å². The molecule has 0 spiro atoms. The van der Waals surface area contributed by atoms with E-state index in [0.717, 1.165) is 31.4 Å². The Labute approximate surface area is 183 Å². The average Bonchev–Trinajstić information content (AvgIpc) is 3.50. The summed E-state index contributed by atoms with van der Waals surface area (Å²) in [6.45, 7) is 3.36. The summed E-state index contributed by atoms with van der Waals surface area (Å²) in [4.78, 5) is 29.5. The van der Waals surface area contributed by atoms with E-state index in [2.05, 4.69) is 6.92 Å². The molecule has 1 aromatic carbocycles. The van der Waals surface area contributed by atoms with Gasteiger partial charge in [0.15, 0.2) is 6.61 Å². The molecular weight excluding hydrogens is 402 g/mol. The van der Waals surface area contributed by atoms with E-state index < -0.39 is 0 Å². The maximum absolute atomic E-state index is 13.1. The molecule has 2 aromatic rings. The number of carbonyl (C=O) groups is 2. The van der Waals surface area contributed by atoms with Gasteiger partial charge in [0.1, 0.15) is 12.3 Å². The first-order valence-electron chi connectivity index (χ1n) is 10.5. The van der Waals surface area contributed by atoms with Crippen molar-refractivity contribution in [3.63, 3.8) is 0 Å². The van der Waals surface area contributed by atoms with E-state index in [1.54, 1.807) is 29.2 Å². The van der Waals surface area contributed by atoms with Gasteiger partial charge in [0.25, 0.3) is 5.91 Å². The van der Waals surface area contributed by atoms with Gasteiger partial charge in [0, 0.05) is 36.5 Å². The molecule has 30 heavy (non-hydrogen) atoms. The number of unbranched alkanes of at least 4 members (excludes halogenated alkanes) is 1. The Kier molecular flexibility index (Phi) is 7.80. The van der Waals surface area contributed by atoms with E-state index in [9.17, 15) is 9.59 Å². The molecule has 0 radical (unpaired) electrons. The van der Waals surface area contributed by atoms with Gasteiger partial charge in [-0.2, -0.15) is 0 Å². The summed E-state index contributed by atoms with van der Waals surface area (Å²) in [7, 11) is 1.98. The number of nitrogens with zero attached hydrogens (tertiary/aromatic N) is 3. The Morgan fingerprint density at radius 1 is 1.17 bits per heavy atom. The number of hydrogen-bond acceptors (Lipinski definition) is 3. The molecule has 0 saturated heterocycles. The zero-order chi connectivity index (χ0) is 21.5. The first-order chi connectivity index (χ1) is 14.5. The van der Waals surface area contributed by atoms with Crippen LogP contribution in [0.5, 0.6) is 5.75 Å². The molecule has 7 heteroatoms. The van der Waals surface area contributed by atoms with Gasteiger partial charge in [-0.05, 0) is 55.7 Å². The second-order valence-corrected chi connectivity index (χ2v) is 8.21. The molecule has 6 nitrogen and oxygen atoms in total. The molecule has 0 bridgehead atoms. The Morgan fingerprint density at radius 2 is 1.90 bits per heavy atom. The highest BCUT2D eigenvalue weighted by molar-refractivity contribution is 6.30. The predicted molar refractivity (Wildman–Crippen MR) is 117 cm³/mol. The third kappa shape index (κ3) is 6.26. The number of carbonyl (C=O) groups excluding carboxylic acids is 2. The second-order valence-electron chi connectivity index (χ2n) is 7.77. The third-order valence-electron chi connectivity index (χ3n) is 5.33. The van der Waals surface area contributed by atoms with Crippen molar-refractivity contribution in [3.8, 4) is 5.75 Å². The Hall–Kier alpha value is -2.47. The number of rotatable bonds is 11. The van der Waals surface area contributed by atoms with Crippen molar-refractivity contribution in [1.82, 2.24) is 14.4 Å². The summed E-state index contributed by atoms with van der Waals surface area (Å²) in [6, 6.07) is 11.0. The Bertz CT molecular complexity index is 846. The predicted octanol–water partition coefficient (Wildman–Crippen LogP) is 3.88. The van der Waals surface area contributed by atoms with E-state index in [0.29, 0.717) is 23.9 Å². The summed E-state index contributed by atoms with van der Waals surface area (Å²) in [6.07, 6.45) is 5.80. The van der Waals surface area contributed by atoms with Gasteiger partial charge < -0.3 is 19.1 Å². The van der Waals surface area contributed by atoms with Gasteiger partial charge in [-0.15, -0.1) is 0 Å². The highest BCUT2D eigenvalue weighted by Gasteiger charge is 2.35. The van der Waals surface area contributed by atoms with Crippen LogP contribution in [0.1, 0.15) is 38.3 Å². The lowest BCUT2D eigenvalue weighted by molar-refractivity contribution is -0.142. The van der Waals surface area contributed by atoms with Crippen LogP contribution in [0.2, 0.25) is 5.02 Å². The lowest BCUT2D eigenvalue weighted by Crippen LogP contribution is -2.45. The number of aromatic nitrogens is 1. The van der Waals surface area contributed by atoms with E-state index >= 15 is 0 Å². The molecule has 1 heterocycles. The number of ether oxygens (including phenoxy) is 1. The number of hydrogen-bond donors (Lipinski definition) is 0. The lowest BCUT2D eigenvalue weighted by Gasteiger charge is -2.28. The molecule has 0 N–H and O–H groups in total. The van der Waals surface area contributed by atoms with Gasteiger partial charge >= 0.3 is 0 Å². The smallest absolute Gasteiger partial charge is 0.261 e. The van der Waals surface area contributed by atoms with Crippen LogP contribution in [0.25, 0.3) is 0 Å². The van der Waals surface area contributed by atoms with Crippen LogP contribution in [0.15, 0.2) is 42.6 Å². The molecule has 0 unspecified atom stereocenters. The number of halogens is 1. The third-order valence-corrected chi connectivity index (χ3v) is 5.58. The lowest BCUT2D eigenvalue weighted by atomic mass is 10.2. The highest BCUT2D eigenvalue weighted by Crippen LogP contribution is 2.27. The van der Waals surface area contributed by atoms with Crippen LogP contribution in [-0.2, 0) is 23.2 Å². The topological polar surface area (TPSA) is 54.8 Å². The molecule has 1 aromatic heterocycles. The molecule has 162 valence electrons. The molecular formula is C23H30ClN3O3. The van der Waals surface area contributed by atoms with E-state index in [1.807, 2.05) is 34.8 Å². The van der Waals surface area contributed by atoms with E-state index in [1.165, 1.54) is 0 Å². The SMILES string of the molecule is CCCCN(Cc1cccn1C)C(=O)CN(C(=O)COc1ccc(Cl)cc1)C1CC1. The fourth-order valence-electron chi connectivity index (χ4n) is 3.31. The molecule has 1 aliphatic rings. The van der Waals surface area contributed by atoms with Gasteiger partial charge in [0.05, 0.1) is 6.54 Å². The molecule has 1 saturated carbocycles. The second kappa shape index (κ2) is 10.5. The number of benzene rings is 1. The fourth-order valence-corrected chi connectivity index (χ4v) is 3.43. The first-order valence-corrected chi connectivity index (χ1v) is 10.9. The standard InChI is InChI=1S/C23H30ClN3O3/c1-3-4-14-26(15-20-6-5-13-25(20)2)22(28)16-27(19-9-10-19)23(29)17-30-21-11-7-18(24)8-12-21/h5-8,11-13,19H,3-4,9-10,14-17H2,1-2H3. The van der Waals surface area contributed by atoms with Crippen LogP contribution >= 0.6 is 11.6 Å². The molecule has 1 aliphatic carbocycles. The molecule has 2 amide bonds. The van der Waals surface area contributed by atoms with Crippen molar-refractivity contribution in [2.75, 3.05) is 19.7 Å². The minimum atomic E-state index is -0.157. The Morgan fingerprint density at radius 3 is 2.50 bits per heavy atom. The number of amides is 2. The van der Waals surface area contributed by atoms with Gasteiger partial charge in [0.2, 0.25) is 5.91 Å². The van der Waals surface area contributed by atoms with Gasteiger partial charge in [-0.1, -0.05) is 24.9 Å². The maximum Gasteiger partial charge on any atom is 0.261 e. The summed E-state index contributed by atoms with van der Waals surface area (Å²) >= 11 is 5.88. The van der Waals surface area contributed by atoms with Crippen molar-refractivity contribution in [1.29, 1.82) is 0 Å². The average molecular weight is 432 g/mol.